The van der Waals surface area contributed by atoms with Crippen LogP contribution in [0.2, 0.25) is 0 Å². The average molecular weight is 236 g/mol. The van der Waals surface area contributed by atoms with Crippen LogP contribution in [-0.4, -0.2) is 23.0 Å². The van der Waals surface area contributed by atoms with Crippen molar-refractivity contribution in [2.75, 3.05) is 5.32 Å². The van der Waals surface area contributed by atoms with Gasteiger partial charge < -0.3 is 16.2 Å². The predicted molar refractivity (Wildman–Crippen MR) is 64.8 cm³/mol. The minimum absolute atomic E-state index is 0.0493. The molecule has 0 saturated carbocycles. The van der Waals surface area contributed by atoms with Crippen molar-refractivity contribution in [2.24, 2.45) is 11.7 Å². The van der Waals surface area contributed by atoms with E-state index in [1.165, 1.54) is 24.3 Å². The van der Waals surface area contributed by atoms with Gasteiger partial charge in [-0.2, -0.15) is 0 Å². The summed E-state index contributed by atoms with van der Waals surface area (Å²) in [5.74, 6) is -1.22. The third-order valence-corrected chi connectivity index (χ3v) is 2.42. The first-order valence-electron chi connectivity index (χ1n) is 5.31. The van der Waals surface area contributed by atoms with Gasteiger partial charge in [-0.15, -0.1) is 0 Å². The Hall–Kier alpha value is -1.88. The largest absolute Gasteiger partial charge is 0.478 e. The van der Waals surface area contributed by atoms with Gasteiger partial charge in [0.2, 0.25) is 5.91 Å². The van der Waals surface area contributed by atoms with Crippen molar-refractivity contribution >= 4 is 17.6 Å². The first-order valence-corrected chi connectivity index (χ1v) is 5.31. The molecule has 1 unspecified atom stereocenters. The highest BCUT2D eigenvalue weighted by Gasteiger charge is 2.17. The van der Waals surface area contributed by atoms with Gasteiger partial charge >= 0.3 is 5.97 Å². The van der Waals surface area contributed by atoms with Crippen LogP contribution in [0.1, 0.15) is 24.2 Å². The molecule has 0 aliphatic rings. The zero-order chi connectivity index (χ0) is 13.0. The van der Waals surface area contributed by atoms with Gasteiger partial charge in [-0.05, 0) is 30.2 Å². The summed E-state index contributed by atoms with van der Waals surface area (Å²) in [6.45, 7) is 3.72. The summed E-state index contributed by atoms with van der Waals surface area (Å²) in [7, 11) is 0. The second-order valence-electron chi connectivity index (χ2n) is 4.14. The molecule has 0 radical (unpaired) electrons. The maximum Gasteiger partial charge on any atom is 0.335 e. The molecule has 1 atom stereocenters. The number of anilines is 1. The molecule has 92 valence electrons. The number of carboxylic acid groups (broad SMARTS) is 1. The number of amides is 1. The molecule has 0 aliphatic carbocycles. The highest BCUT2D eigenvalue weighted by molar-refractivity contribution is 5.95. The number of rotatable bonds is 4. The lowest BCUT2D eigenvalue weighted by Crippen LogP contribution is -2.39. The van der Waals surface area contributed by atoms with Crippen LogP contribution in [0.4, 0.5) is 5.69 Å². The fourth-order valence-electron chi connectivity index (χ4n) is 1.22. The minimum Gasteiger partial charge on any atom is -0.478 e. The van der Waals surface area contributed by atoms with Gasteiger partial charge in [0, 0.05) is 5.69 Å². The Morgan fingerprint density at radius 2 is 1.76 bits per heavy atom. The van der Waals surface area contributed by atoms with Gasteiger partial charge in [-0.3, -0.25) is 4.79 Å². The van der Waals surface area contributed by atoms with E-state index in [4.69, 9.17) is 10.8 Å². The van der Waals surface area contributed by atoms with E-state index < -0.39 is 12.0 Å². The Kier molecular flexibility index (Phi) is 4.23. The Bertz CT molecular complexity index is 412. The molecule has 0 heterocycles. The van der Waals surface area contributed by atoms with E-state index in [9.17, 15) is 9.59 Å². The molecule has 1 amide bonds. The van der Waals surface area contributed by atoms with Crippen LogP contribution < -0.4 is 11.1 Å². The molecule has 1 aromatic rings. The Balaban J connectivity index is 2.70. The van der Waals surface area contributed by atoms with Crippen molar-refractivity contribution in [3.8, 4) is 0 Å². The van der Waals surface area contributed by atoms with E-state index >= 15 is 0 Å². The standard InChI is InChI=1S/C12H16N2O3/c1-7(2)10(13)11(15)14-9-5-3-8(4-6-9)12(16)17/h3-7,10H,13H2,1-2H3,(H,14,15)(H,16,17). The maximum atomic E-state index is 11.6. The number of nitrogens with two attached hydrogens (primary N) is 1. The van der Waals surface area contributed by atoms with Crippen LogP contribution in [0.15, 0.2) is 24.3 Å². The van der Waals surface area contributed by atoms with E-state index in [0.717, 1.165) is 0 Å². The van der Waals surface area contributed by atoms with Gasteiger partial charge in [0.25, 0.3) is 0 Å². The van der Waals surface area contributed by atoms with Crippen molar-refractivity contribution in [2.45, 2.75) is 19.9 Å². The third kappa shape index (κ3) is 3.57. The van der Waals surface area contributed by atoms with Crippen LogP contribution >= 0.6 is 0 Å². The van der Waals surface area contributed by atoms with Gasteiger partial charge in [-0.25, -0.2) is 4.79 Å². The van der Waals surface area contributed by atoms with Crippen LogP contribution in [0.3, 0.4) is 0 Å². The summed E-state index contributed by atoms with van der Waals surface area (Å²) < 4.78 is 0. The molecular formula is C12H16N2O3. The fourth-order valence-corrected chi connectivity index (χ4v) is 1.22. The van der Waals surface area contributed by atoms with E-state index in [2.05, 4.69) is 5.32 Å². The summed E-state index contributed by atoms with van der Waals surface area (Å²) >= 11 is 0. The highest BCUT2D eigenvalue weighted by Crippen LogP contribution is 2.11. The monoisotopic (exact) mass is 236 g/mol. The summed E-state index contributed by atoms with van der Waals surface area (Å²) in [6.07, 6.45) is 0. The summed E-state index contributed by atoms with van der Waals surface area (Å²) in [5, 5.41) is 11.3. The maximum absolute atomic E-state index is 11.6. The van der Waals surface area contributed by atoms with Gasteiger partial charge in [0.1, 0.15) is 0 Å². The Morgan fingerprint density at radius 3 is 2.18 bits per heavy atom. The highest BCUT2D eigenvalue weighted by atomic mass is 16.4. The lowest BCUT2D eigenvalue weighted by Gasteiger charge is -2.15. The average Bonchev–Trinajstić information content (AvgIpc) is 2.28. The van der Waals surface area contributed by atoms with Crippen molar-refractivity contribution in [3.05, 3.63) is 29.8 Å². The van der Waals surface area contributed by atoms with Crippen molar-refractivity contribution < 1.29 is 14.7 Å². The van der Waals surface area contributed by atoms with Crippen LogP contribution in [0.25, 0.3) is 0 Å². The lowest BCUT2D eigenvalue weighted by molar-refractivity contribution is -0.118. The first kappa shape index (κ1) is 13.2. The second kappa shape index (κ2) is 5.45. The lowest BCUT2D eigenvalue weighted by atomic mass is 10.0. The van der Waals surface area contributed by atoms with Gasteiger partial charge in [-0.1, -0.05) is 13.8 Å². The zero-order valence-corrected chi connectivity index (χ0v) is 9.81. The molecule has 1 aromatic carbocycles. The second-order valence-corrected chi connectivity index (χ2v) is 4.14. The third-order valence-electron chi connectivity index (χ3n) is 2.42. The number of carbonyl (C=O) groups is 2. The number of hydrogen-bond donors (Lipinski definition) is 3. The molecule has 17 heavy (non-hydrogen) atoms. The molecule has 0 saturated heterocycles. The number of benzene rings is 1. The zero-order valence-electron chi connectivity index (χ0n) is 9.81. The van der Waals surface area contributed by atoms with E-state index in [1.54, 1.807) is 0 Å². The molecule has 4 N–H and O–H groups in total. The smallest absolute Gasteiger partial charge is 0.335 e. The number of carbonyl (C=O) groups excluding carboxylic acids is 1. The number of carboxylic acids is 1. The summed E-state index contributed by atoms with van der Waals surface area (Å²) in [4.78, 5) is 22.2. The topological polar surface area (TPSA) is 92.4 Å². The van der Waals surface area contributed by atoms with Crippen LogP contribution in [0, 0.1) is 5.92 Å². The van der Waals surface area contributed by atoms with Crippen molar-refractivity contribution in [1.29, 1.82) is 0 Å². The van der Waals surface area contributed by atoms with E-state index in [0.29, 0.717) is 5.69 Å². The summed E-state index contributed by atoms with van der Waals surface area (Å²) in [5.41, 5.74) is 6.39. The molecule has 0 aliphatic heterocycles. The normalized spacial score (nSPS) is 12.2. The molecule has 0 fully saturated rings. The van der Waals surface area contributed by atoms with Gasteiger partial charge in [0.15, 0.2) is 0 Å². The predicted octanol–water partition coefficient (Wildman–Crippen LogP) is 1.31. The number of nitrogens with one attached hydrogen (secondary N) is 1. The molecular weight excluding hydrogens is 220 g/mol. The van der Waals surface area contributed by atoms with Gasteiger partial charge in [0.05, 0.1) is 11.6 Å². The fraction of sp³-hybridized carbons (Fsp3) is 0.333. The number of aromatic carboxylic acids is 1. The van der Waals surface area contributed by atoms with E-state index in [1.807, 2.05) is 13.8 Å². The quantitative estimate of drug-likeness (QED) is 0.734. The molecule has 1 rings (SSSR count). The Morgan fingerprint density at radius 1 is 1.24 bits per heavy atom. The SMILES string of the molecule is CC(C)C(N)C(=O)Nc1ccc(C(=O)O)cc1. The van der Waals surface area contributed by atoms with Crippen molar-refractivity contribution in [3.63, 3.8) is 0 Å². The number of hydrogen-bond acceptors (Lipinski definition) is 3. The first-order chi connectivity index (χ1) is 7.91. The molecule has 5 heteroatoms. The summed E-state index contributed by atoms with van der Waals surface area (Å²) in [6, 6.07) is 5.36. The molecule has 0 bridgehead atoms. The van der Waals surface area contributed by atoms with E-state index in [-0.39, 0.29) is 17.4 Å². The van der Waals surface area contributed by atoms with Crippen LogP contribution in [0.5, 0.6) is 0 Å². The van der Waals surface area contributed by atoms with Crippen LogP contribution in [-0.2, 0) is 4.79 Å². The van der Waals surface area contributed by atoms with Crippen molar-refractivity contribution in [1.82, 2.24) is 0 Å². The molecule has 5 nitrogen and oxygen atoms in total. The molecule has 0 aromatic heterocycles. The minimum atomic E-state index is -0.998. The Labute approximate surface area is 99.6 Å². The molecule has 0 spiro atoms.